The average Bonchev–Trinajstić information content (AvgIpc) is 2.83. The van der Waals surface area contributed by atoms with Gasteiger partial charge in [0, 0.05) is 13.0 Å². The highest BCUT2D eigenvalue weighted by molar-refractivity contribution is 7.93. The lowest BCUT2D eigenvalue weighted by atomic mass is 10.2. The maximum atomic E-state index is 13.4. The highest BCUT2D eigenvalue weighted by Gasteiger charge is 2.33. The van der Waals surface area contributed by atoms with E-state index >= 15 is 0 Å². The van der Waals surface area contributed by atoms with Crippen molar-refractivity contribution in [1.29, 1.82) is 0 Å². The normalized spacial score (nSPS) is 11.1. The summed E-state index contributed by atoms with van der Waals surface area (Å²) in [6.45, 7) is 0.598. The van der Waals surface area contributed by atoms with Gasteiger partial charge >= 0.3 is 5.97 Å². The van der Waals surface area contributed by atoms with Crippen molar-refractivity contribution in [2.24, 2.45) is 5.10 Å². The largest absolute Gasteiger partial charge is 0.427 e. The van der Waals surface area contributed by atoms with Gasteiger partial charge in [-0.05, 0) is 48.0 Å². The number of nitro groups is 1. The second-order valence-corrected chi connectivity index (χ2v) is 8.86. The average molecular weight is 497 g/mol. The molecular weight excluding hydrogens is 476 g/mol. The van der Waals surface area contributed by atoms with Crippen molar-refractivity contribution in [3.05, 3.63) is 94.5 Å². The third kappa shape index (κ3) is 6.48. The molecule has 3 aromatic carbocycles. The summed E-state index contributed by atoms with van der Waals surface area (Å²) in [5.74, 6) is -0.890. The number of rotatable bonds is 9. The van der Waals surface area contributed by atoms with Crippen LogP contribution in [0, 0.1) is 10.1 Å². The zero-order valence-electron chi connectivity index (χ0n) is 18.4. The van der Waals surface area contributed by atoms with Gasteiger partial charge in [-0.15, -0.1) is 0 Å². The molecule has 0 atom stereocenters. The molecule has 0 saturated carbocycles. The van der Waals surface area contributed by atoms with Crippen LogP contribution < -0.4 is 14.5 Å². The van der Waals surface area contributed by atoms with Gasteiger partial charge in [0.2, 0.25) is 0 Å². The molecule has 0 fully saturated rings. The molecular formula is C23H20N4O7S. The summed E-state index contributed by atoms with van der Waals surface area (Å²) < 4.78 is 32.4. The minimum atomic E-state index is -4.48. The van der Waals surface area contributed by atoms with E-state index in [2.05, 4.69) is 10.5 Å². The van der Waals surface area contributed by atoms with Gasteiger partial charge in [-0.25, -0.2) is 13.8 Å². The third-order valence-corrected chi connectivity index (χ3v) is 6.33. The molecule has 0 unspecified atom stereocenters. The molecule has 0 bridgehead atoms. The lowest BCUT2D eigenvalue weighted by molar-refractivity contribution is -0.387. The number of hydrazone groups is 1. The number of carbonyl (C=O) groups is 2. The summed E-state index contributed by atoms with van der Waals surface area (Å²) in [7, 11) is -4.48. The van der Waals surface area contributed by atoms with Gasteiger partial charge in [0.05, 0.1) is 16.8 Å². The van der Waals surface area contributed by atoms with E-state index in [1.807, 2.05) is 0 Å². The van der Waals surface area contributed by atoms with Crippen molar-refractivity contribution in [2.45, 2.75) is 11.8 Å². The van der Waals surface area contributed by atoms with E-state index < -0.39 is 44.0 Å². The van der Waals surface area contributed by atoms with Crippen LogP contribution in [0.1, 0.15) is 12.5 Å². The smallest absolute Gasteiger partial charge is 0.308 e. The Balaban J connectivity index is 1.81. The number of hydrogen-bond acceptors (Lipinski definition) is 8. The highest BCUT2D eigenvalue weighted by Crippen LogP contribution is 2.29. The fraction of sp³-hybridized carbons (Fsp3) is 0.0870. The Morgan fingerprint density at radius 2 is 1.66 bits per heavy atom. The summed E-state index contributed by atoms with van der Waals surface area (Å²) in [5, 5.41) is 15.2. The van der Waals surface area contributed by atoms with Crippen molar-refractivity contribution in [1.82, 2.24) is 5.43 Å². The fourth-order valence-electron chi connectivity index (χ4n) is 2.99. The van der Waals surface area contributed by atoms with E-state index in [0.29, 0.717) is 11.3 Å². The molecule has 11 nitrogen and oxygen atoms in total. The molecule has 180 valence electrons. The zero-order chi connectivity index (χ0) is 25.4. The van der Waals surface area contributed by atoms with Crippen LogP contribution in [0.5, 0.6) is 5.75 Å². The van der Waals surface area contributed by atoms with E-state index in [9.17, 15) is 28.1 Å². The second-order valence-electron chi connectivity index (χ2n) is 7.03. The van der Waals surface area contributed by atoms with Crippen LogP contribution in [0.15, 0.2) is 88.9 Å². The van der Waals surface area contributed by atoms with E-state index in [1.165, 1.54) is 37.4 Å². The lowest BCUT2D eigenvalue weighted by Crippen LogP contribution is -2.39. The van der Waals surface area contributed by atoms with Gasteiger partial charge in [0.25, 0.3) is 21.6 Å². The molecule has 1 N–H and O–H groups in total. The molecule has 0 saturated heterocycles. The number of anilines is 1. The minimum Gasteiger partial charge on any atom is -0.427 e. The number of nitrogens with one attached hydrogen (secondary N) is 1. The first-order valence-corrected chi connectivity index (χ1v) is 11.5. The number of nitrogens with zero attached hydrogens (tertiary/aromatic N) is 3. The molecule has 0 aliphatic carbocycles. The number of para-hydroxylation sites is 2. The first-order valence-electron chi connectivity index (χ1n) is 10.1. The Morgan fingerprint density at radius 3 is 2.29 bits per heavy atom. The van der Waals surface area contributed by atoms with Crippen molar-refractivity contribution < 1.29 is 27.7 Å². The zero-order valence-corrected chi connectivity index (χ0v) is 19.2. The van der Waals surface area contributed by atoms with Crippen LogP contribution in [0.4, 0.5) is 11.4 Å². The van der Waals surface area contributed by atoms with Crippen LogP contribution in [-0.4, -0.2) is 38.0 Å². The first kappa shape index (κ1) is 25.1. The number of sulfonamides is 1. The quantitative estimate of drug-likeness (QED) is 0.157. The topological polar surface area (TPSA) is 148 Å². The van der Waals surface area contributed by atoms with Gasteiger partial charge in [0.1, 0.15) is 12.3 Å². The maximum absolute atomic E-state index is 13.4. The van der Waals surface area contributed by atoms with E-state index in [1.54, 1.807) is 42.5 Å². The number of nitro benzene ring substituents is 1. The number of esters is 1. The number of carbonyl (C=O) groups excluding carboxylic acids is 2. The summed E-state index contributed by atoms with van der Waals surface area (Å²) in [4.78, 5) is 33.6. The first-order chi connectivity index (χ1) is 16.7. The molecule has 3 aromatic rings. The molecule has 1 amide bonds. The van der Waals surface area contributed by atoms with E-state index in [-0.39, 0.29) is 5.69 Å². The summed E-state index contributed by atoms with van der Waals surface area (Å²) in [6, 6.07) is 18.9. The van der Waals surface area contributed by atoms with Crippen molar-refractivity contribution in [3.8, 4) is 5.75 Å². The van der Waals surface area contributed by atoms with Crippen LogP contribution in [0.2, 0.25) is 0 Å². The molecule has 12 heteroatoms. The second kappa shape index (κ2) is 11.0. The number of hydrogen-bond donors (Lipinski definition) is 1. The summed E-state index contributed by atoms with van der Waals surface area (Å²) >= 11 is 0. The van der Waals surface area contributed by atoms with Crippen molar-refractivity contribution in [2.75, 3.05) is 10.8 Å². The monoisotopic (exact) mass is 496 g/mol. The molecule has 0 spiro atoms. The number of amides is 1. The molecule has 0 aliphatic heterocycles. The Bertz CT molecular complexity index is 1360. The van der Waals surface area contributed by atoms with Crippen LogP contribution in [0.3, 0.4) is 0 Å². The van der Waals surface area contributed by atoms with Crippen molar-refractivity contribution >= 4 is 39.5 Å². The summed E-state index contributed by atoms with van der Waals surface area (Å²) in [6.07, 6.45) is 1.32. The Morgan fingerprint density at radius 1 is 1.03 bits per heavy atom. The Kier molecular flexibility index (Phi) is 7.89. The fourth-order valence-corrected chi connectivity index (χ4v) is 4.57. The van der Waals surface area contributed by atoms with Gasteiger partial charge in [0.15, 0.2) is 4.90 Å². The lowest BCUT2D eigenvalue weighted by Gasteiger charge is -2.23. The van der Waals surface area contributed by atoms with Crippen LogP contribution in [-0.2, 0) is 19.6 Å². The van der Waals surface area contributed by atoms with Gasteiger partial charge in [-0.2, -0.15) is 5.10 Å². The SMILES string of the molecule is CC(=O)Oc1ccc(/C=N/NC(=O)CN(c2ccccc2)S(=O)(=O)c2ccccc2[N+](=O)[O-])cc1. The van der Waals surface area contributed by atoms with Crippen LogP contribution >= 0.6 is 0 Å². The highest BCUT2D eigenvalue weighted by atomic mass is 32.2. The van der Waals surface area contributed by atoms with E-state index in [0.717, 1.165) is 16.4 Å². The van der Waals surface area contributed by atoms with Crippen molar-refractivity contribution in [3.63, 3.8) is 0 Å². The predicted molar refractivity (Wildman–Crippen MR) is 128 cm³/mol. The number of ether oxygens (including phenoxy) is 1. The molecule has 0 radical (unpaired) electrons. The van der Waals surface area contributed by atoms with Crippen LogP contribution in [0.25, 0.3) is 0 Å². The maximum Gasteiger partial charge on any atom is 0.308 e. The standard InChI is InChI=1S/C23H20N4O7S/c1-17(28)34-20-13-11-18(12-14-20)15-24-25-23(29)16-26(19-7-3-2-4-8-19)35(32,33)22-10-6-5-9-21(22)27(30)31/h2-15H,16H2,1H3,(H,25,29)/b24-15+. The third-order valence-electron chi connectivity index (χ3n) is 4.51. The Hall–Kier alpha value is -4.58. The van der Waals surface area contributed by atoms with E-state index in [4.69, 9.17) is 4.74 Å². The minimum absolute atomic E-state index is 0.144. The Labute approximate surface area is 200 Å². The molecule has 0 heterocycles. The van der Waals surface area contributed by atoms with Gasteiger partial charge < -0.3 is 4.74 Å². The van der Waals surface area contributed by atoms with Gasteiger partial charge in [-0.1, -0.05) is 30.3 Å². The summed E-state index contributed by atoms with van der Waals surface area (Å²) in [5.41, 5.74) is 2.36. The molecule has 35 heavy (non-hydrogen) atoms. The molecule has 0 aliphatic rings. The number of benzene rings is 3. The van der Waals surface area contributed by atoms with Gasteiger partial charge in [-0.3, -0.25) is 24.0 Å². The molecule has 0 aromatic heterocycles. The predicted octanol–water partition coefficient (Wildman–Crippen LogP) is 2.87. The molecule has 3 rings (SSSR count).